The lowest BCUT2D eigenvalue weighted by Crippen LogP contribution is -2.04. The van der Waals surface area contributed by atoms with Crippen molar-refractivity contribution < 1.29 is 4.79 Å². The Kier molecular flexibility index (Phi) is 4.82. The van der Waals surface area contributed by atoms with Crippen LogP contribution < -0.4 is 0 Å². The maximum atomic E-state index is 11.2. The molecule has 0 aromatic heterocycles. The number of alkyl halides is 2. The second kappa shape index (κ2) is 5.66. The molecule has 0 saturated carbocycles. The average Bonchev–Trinajstić information content (AvgIpc) is 2.16. The van der Waals surface area contributed by atoms with Gasteiger partial charge in [0.1, 0.15) is 5.78 Å². The lowest BCUT2D eigenvalue weighted by Gasteiger charge is -2.04. The number of carbonyl (C=O) groups is 1. The molecule has 1 rings (SSSR count). The van der Waals surface area contributed by atoms with Crippen molar-refractivity contribution in [3.8, 4) is 0 Å². The number of hydrogen-bond donors (Lipinski definition) is 0. The molecule has 0 N–H and O–H groups in total. The largest absolute Gasteiger partial charge is 0.298 e. The van der Waals surface area contributed by atoms with Crippen LogP contribution in [0.2, 0.25) is 0 Å². The number of aryl methyl sites for hydroxylation is 1. The number of ketones is 1. The van der Waals surface area contributed by atoms with E-state index in [2.05, 4.69) is 50.1 Å². The van der Waals surface area contributed by atoms with E-state index in [0.29, 0.717) is 11.8 Å². The minimum atomic E-state index is 0.219. The SMILES string of the molecule is Cc1cc(CBr)cc(CC(=O)CBr)c1. The van der Waals surface area contributed by atoms with Gasteiger partial charge in [0.2, 0.25) is 0 Å². The summed E-state index contributed by atoms with van der Waals surface area (Å²) in [6, 6.07) is 6.26. The molecule has 1 aromatic rings. The predicted molar refractivity (Wildman–Crippen MR) is 66.3 cm³/mol. The second-order valence-electron chi connectivity index (χ2n) is 3.31. The molecule has 0 aliphatic rings. The third-order valence-electron chi connectivity index (χ3n) is 1.90. The molecule has 0 saturated heterocycles. The normalized spacial score (nSPS) is 10.2. The number of rotatable bonds is 4. The van der Waals surface area contributed by atoms with Crippen molar-refractivity contribution in [2.75, 3.05) is 5.33 Å². The molecule has 3 heteroatoms. The van der Waals surface area contributed by atoms with Crippen molar-refractivity contribution >= 4 is 37.6 Å². The summed E-state index contributed by atoms with van der Waals surface area (Å²) in [5.74, 6) is 0.219. The van der Waals surface area contributed by atoms with Crippen LogP contribution in [0, 0.1) is 6.92 Å². The van der Waals surface area contributed by atoms with Gasteiger partial charge >= 0.3 is 0 Å². The highest BCUT2D eigenvalue weighted by Gasteiger charge is 2.03. The van der Waals surface area contributed by atoms with E-state index in [1.165, 1.54) is 11.1 Å². The van der Waals surface area contributed by atoms with E-state index in [0.717, 1.165) is 10.9 Å². The van der Waals surface area contributed by atoms with Crippen molar-refractivity contribution in [3.63, 3.8) is 0 Å². The fraction of sp³-hybridized carbons (Fsp3) is 0.364. The van der Waals surface area contributed by atoms with Gasteiger partial charge in [0.15, 0.2) is 0 Å². The summed E-state index contributed by atoms with van der Waals surface area (Å²) in [5.41, 5.74) is 3.53. The number of benzene rings is 1. The number of Topliss-reactive ketones (excluding diaryl/α,β-unsaturated/α-hetero) is 1. The van der Waals surface area contributed by atoms with Gasteiger partial charge in [-0.25, -0.2) is 0 Å². The standard InChI is InChI=1S/C11H12Br2O/c1-8-2-9(5-11(14)7-13)4-10(3-8)6-12/h2-4H,5-7H2,1H3. The maximum Gasteiger partial charge on any atom is 0.147 e. The van der Waals surface area contributed by atoms with E-state index in [1.54, 1.807) is 0 Å². The molecule has 0 aliphatic carbocycles. The zero-order valence-corrected chi connectivity index (χ0v) is 11.2. The van der Waals surface area contributed by atoms with E-state index in [9.17, 15) is 4.79 Å². The molecule has 0 heterocycles. The van der Waals surface area contributed by atoms with Crippen LogP contribution in [0.1, 0.15) is 16.7 Å². The van der Waals surface area contributed by atoms with Crippen LogP contribution >= 0.6 is 31.9 Å². The molecule has 0 bridgehead atoms. The fourth-order valence-corrected chi connectivity index (χ4v) is 1.92. The Balaban J connectivity index is 2.86. The quantitative estimate of drug-likeness (QED) is 0.777. The summed E-state index contributed by atoms with van der Waals surface area (Å²) in [4.78, 5) is 11.2. The van der Waals surface area contributed by atoms with E-state index in [4.69, 9.17) is 0 Å². The molecule has 1 nitrogen and oxygen atoms in total. The molecule has 0 aliphatic heterocycles. The van der Waals surface area contributed by atoms with Gasteiger partial charge in [-0.1, -0.05) is 55.6 Å². The fourth-order valence-electron chi connectivity index (χ4n) is 1.40. The van der Waals surface area contributed by atoms with Gasteiger partial charge in [-0.05, 0) is 18.1 Å². The Labute approximate surface area is 101 Å². The van der Waals surface area contributed by atoms with Crippen LogP contribution in [0.25, 0.3) is 0 Å². The zero-order chi connectivity index (χ0) is 10.6. The van der Waals surface area contributed by atoms with Crippen LogP contribution in [0.3, 0.4) is 0 Å². The van der Waals surface area contributed by atoms with Crippen molar-refractivity contribution in [1.29, 1.82) is 0 Å². The molecule has 0 atom stereocenters. The first kappa shape index (κ1) is 11.9. The maximum absolute atomic E-state index is 11.2. The van der Waals surface area contributed by atoms with Crippen LogP contribution in [0.4, 0.5) is 0 Å². The van der Waals surface area contributed by atoms with Gasteiger partial charge in [0.25, 0.3) is 0 Å². The lowest BCUT2D eigenvalue weighted by molar-refractivity contribution is -0.115. The Hall–Kier alpha value is -0.150. The lowest BCUT2D eigenvalue weighted by atomic mass is 10.0. The van der Waals surface area contributed by atoms with E-state index < -0.39 is 0 Å². The van der Waals surface area contributed by atoms with Gasteiger partial charge in [0, 0.05) is 11.8 Å². The Bertz CT molecular complexity index is 334. The second-order valence-corrected chi connectivity index (χ2v) is 4.43. The zero-order valence-electron chi connectivity index (χ0n) is 8.02. The topological polar surface area (TPSA) is 17.1 Å². The van der Waals surface area contributed by atoms with Gasteiger partial charge in [0.05, 0.1) is 5.33 Å². The Morgan fingerprint density at radius 1 is 1.21 bits per heavy atom. The molecule has 0 spiro atoms. The highest BCUT2D eigenvalue weighted by molar-refractivity contribution is 9.09. The van der Waals surface area contributed by atoms with Crippen molar-refractivity contribution in [3.05, 3.63) is 34.9 Å². The van der Waals surface area contributed by atoms with Crippen LogP contribution in [0.15, 0.2) is 18.2 Å². The summed E-state index contributed by atoms with van der Waals surface area (Å²) in [7, 11) is 0. The smallest absolute Gasteiger partial charge is 0.147 e. The van der Waals surface area contributed by atoms with Crippen molar-refractivity contribution in [1.82, 2.24) is 0 Å². The number of halogens is 2. The molecule has 0 fully saturated rings. The first-order valence-corrected chi connectivity index (χ1v) is 6.63. The van der Waals surface area contributed by atoms with Gasteiger partial charge in [-0.3, -0.25) is 4.79 Å². The monoisotopic (exact) mass is 318 g/mol. The summed E-state index contributed by atoms with van der Waals surface area (Å²) < 4.78 is 0. The number of hydrogen-bond acceptors (Lipinski definition) is 1. The van der Waals surface area contributed by atoms with E-state index in [-0.39, 0.29) is 5.78 Å². The Morgan fingerprint density at radius 2 is 1.86 bits per heavy atom. The molecular formula is C11H12Br2O. The highest BCUT2D eigenvalue weighted by Crippen LogP contribution is 2.13. The summed E-state index contributed by atoms with van der Waals surface area (Å²) in [6.07, 6.45) is 0.521. The third kappa shape index (κ3) is 3.54. The van der Waals surface area contributed by atoms with E-state index >= 15 is 0 Å². The van der Waals surface area contributed by atoms with Crippen LogP contribution in [-0.4, -0.2) is 11.1 Å². The Morgan fingerprint density at radius 3 is 2.43 bits per heavy atom. The molecule has 0 unspecified atom stereocenters. The van der Waals surface area contributed by atoms with Crippen molar-refractivity contribution in [2.24, 2.45) is 0 Å². The van der Waals surface area contributed by atoms with Gasteiger partial charge < -0.3 is 0 Å². The minimum absolute atomic E-state index is 0.219. The summed E-state index contributed by atoms with van der Waals surface area (Å²) in [6.45, 7) is 2.05. The average molecular weight is 320 g/mol. The van der Waals surface area contributed by atoms with Crippen LogP contribution in [-0.2, 0) is 16.5 Å². The number of carbonyl (C=O) groups excluding carboxylic acids is 1. The molecule has 14 heavy (non-hydrogen) atoms. The van der Waals surface area contributed by atoms with E-state index in [1.807, 2.05) is 6.92 Å². The van der Waals surface area contributed by atoms with Crippen molar-refractivity contribution in [2.45, 2.75) is 18.7 Å². The molecule has 0 radical (unpaired) electrons. The first-order valence-electron chi connectivity index (χ1n) is 4.38. The van der Waals surface area contributed by atoms with Gasteiger partial charge in [-0.2, -0.15) is 0 Å². The minimum Gasteiger partial charge on any atom is -0.298 e. The highest BCUT2D eigenvalue weighted by atomic mass is 79.9. The predicted octanol–water partition coefficient (Wildman–Crippen LogP) is 3.40. The van der Waals surface area contributed by atoms with Crippen LogP contribution in [0.5, 0.6) is 0 Å². The molecule has 76 valence electrons. The van der Waals surface area contributed by atoms with Gasteiger partial charge in [-0.15, -0.1) is 0 Å². The third-order valence-corrected chi connectivity index (χ3v) is 3.17. The molecule has 0 amide bonds. The molecule has 1 aromatic carbocycles. The molecular weight excluding hydrogens is 308 g/mol. The summed E-state index contributed by atoms with van der Waals surface area (Å²) in [5, 5.41) is 1.27. The first-order chi connectivity index (χ1) is 6.65. The summed E-state index contributed by atoms with van der Waals surface area (Å²) >= 11 is 6.58.